The molecule has 0 unspecified atom stereocenters. The molecule has 0 aliphatic carbocycles. The lowest BCUT2D eigenvalue weighted by Gasteiger charge is -2.30. The molecule has 1 saturated heterocycles. The maximum absolute atomic E-state index is 6.20. The van der Waals surface area contributed by atoms with Gasteiger partial charge in [-0.15, -0.1) is 0 Å². The van der Waals surface area contributed by atoms with Crippen LogP contribution in [0.2, 0.25) is 5.02 Å². The van der Waals surface area contributed by atoms with Crippen molar-refractivity contribution in [1.82, 2.24) is 4.90 Å². The van der Waals surface area contributed by atoms with E-state index in [0.29, 0.717) is 12.1 Å². The van der Waals surface area contributed by atoms with E-state index in [1.165, 1.54) is 5.56 Å². The molecule has 0 bridgehead atoms. The zero-order valence-electron chi connectivity index (χ0n) is 9.86. The average Bonchev–Trinajstić information content (AvgIpc) is 2.62. The van der Waals surface area contributed by atoms with Gasteiger partial charge in [-0.3, -0.25) is 4.90 Å². The standard InChI is InChI=1S/C13H19ClN2/c1-9(2)16-8-7-12(15)13(16)10-3-5-11(14)6-4-10/h3-6,9,12-13H,7-8,15H2,1-2H3/t12-,13+/m0/s1. The third kappa shape index (κ3) is 2.24. The molecule has 1 aliphatic rings. The summed E-state index contributed by atoms with van der Waals surface area (Å²) in [7, 11) is 0. The fourth-order valence-electron chi connectivity index (χ4n) is 2.52. The number of hydrogen-bond donors (Lipinski definition) is 1. The first-order valence-electron chi connectivity index (χ1n) is 5.86. The molecule has 16 heavy (non-hydrogen) atoms. The molecular weight excluding hydrogens is 220 g/mol. The molecule has 2 rings (SSSR count). The van der Waals surface area contributed by atoms with Gasteiger partial charge in [0.25, 0.3) is 0 Å². The number of rotatable bonds is 2. The molecule has 0 aromatic heterocycles. The third-order valence-electron chi connectivity index (χ3n) is 3.36. The summed E-state index contributed by atoms with van der Waals surface area (Å²) in [5.74, 6) is 0. The lowest BCUT2D eigenvalue weighted by atomic mass is 10.0. The number of benzene rings is 1. The molecule has 0 amide bonds. The van der Waals surface area contributed by atoms with Crippen LogP contribution < -0.4 is 5.73 Å². The summed E-state index contributed by atoms with van der Waals surface area (Å²) in [5, 5.41) is 0.784. The van der Waals surface area contributed by atoms with Gasteiger partial charge in [0.2, 0.25) is 0 Å². The van der Waals surface area contributed by atoms with Crippen LogP contribution >= 0.6 is 11.6 Å². The number of halogens is 1. The fourth-order valence-corrected chi connectivity index (χ4v) is 2.65. The maximum atomic E-state index is 6.20. The van der Waals surface area contributed by atoms with E-state index in [0.717, 1.165) is 18.0 Å². The van der Waals surface area contributed by atoms with Gasteiger partial charge in [0.05, 0.1) is 6.04 Å². The van der Waals surface area contributed by atoms with Crippen LogP contribution in [0, 0.1) is 0 Å². The Hall–Kier alpha value is -0.570. The van der Waals surface area contributed by atoms with Gasteiger partial charge < -0.3 is 5.73 Å². The van der Waals surface area contributed by atoms with E-state index < -0.39 is 0 Å². The Morgan fingerprint density at radius 2 is 1.94 bits per heavy atom. The summed E-state index contributed by atoms with van der Waals surface area (Å²) in [5.41, 5.74) is 7.48. The van der Waals surface area contributed by atoms with Crippen molar-refractivity contribution in [3.8, 4) is 0 Å². The Morgan fingerprint density at radius 1 is 1.31 bits per heavy atom. The van der Waals surface area contributed by atoms with Gasteiger partial charge in [0.15, 0.2) is 0 Å². The predicted octanol–water partition coefficient (Wildman–Crippen LogP) is 2.82. The summed E-state index contributed by atoms with van der Waals surface area (Å²) in [4.78, 5) is 2.47. The zero-order valence-corrected chi connectivity index (χ0v) is 10.6. The molecule has 1 fully saturated rings. The molecule has 2 nitrogen and oxygen atoms in total. The van der Waals surface area contributed by atoms with Gasteiger partial charge >= 0.3 is 0 Å². The van der Waals surface area contributed by atoms with Crippen molar-refractivity contribution in [2.75, 3.05) is 6.54 Å². The van der Waals surface area contributed by atoms with E-state index in [1.807, 2.05) is 12.1 Å². The van der Waals surface area contributed by atoms with Gasteiger partial charge in [-0.2, -0.15) is 0 Å². The summed E-state index contributed by atoms with van der Waals surface area (Å²) in [6.07, 6.45) is 1.07. The van der Waals surface area contributed by atoms with Crippen molar-refractivity contribution in [1.29, 1.82) is 0 Å². The largest absolute Gasteiger partial charge is 0.326 e. The second kappa shape index (κ2) is 4.74. The van der Waals surface area contributed by atoms with Crippen molar-refractivity contribution < 1.29 is 0 Å². The fraction of sp³-hybridized carbons (Fsp3) is 0.538. The Morgan fingerprint density at radius 3 is 2.50 bits per heavy atom. The highest BCUT2D eigenvalue weighted by molar-refractivity contribution is 6.30. The normalized spacial score (nSPS) is 26.6. The Bertz CT molecular complexity index is 347. The number of nitrogens with zero attached hydrogens (tertiary/aromatic N) is 1. The lowest BCUT2D eigenvalue weighted by molar-refractivity contribution is 0.198. The monoisotopic (exact) mass is 238 g/mol. The first-order valence-corrected chi connectivity index (χ1v) is 6.24. The van der Waals surface area contributed by atoms with E-state index in [4.69, 9.17) is 17.3 Å². The van der Waals surface area contributed by atoms with Gasteiger partial charge in [-0.25, -0.2) is 0 Å². The number of nitrogens with two attached hydrogens (primary N) is 1. The topological polar surface area (TPSA) is 29.3 Å². The molecule has 88 valence electrons. The molecule has 2 atom stereocenters. The minimum Gasteiger partial charge on any atom is -0.326 e. The van der Waals surface area contributed by atoms with Crippen molar-refractivity contribution in [3.05, 3.63) is 34.9 Å². The Balaban J connectivity index is 2.26. The first kappa shape index (κ1) is 11.9. The number of likely N-dealkylation sites (tertiary alicyclic amines) is 1. The van der Waals surface area contributed by atoms with Gasteiger partial charge in [0.1, 0.15) is 0 Å². The van der Waals surface area contributed by atoms with E-state index in [9.17, 15) is 0 Å². The molecule has 1 aromatic carbocycles. The summed E-state index contributed by atoms with van der Waals surface area (Å²) < 4.78 is 0. The maximum Gasteiger partial charge on any atom is 0.0502 e. The minimum atomic E-state index is 0.239. The highest BCUT2D eigenvalue weighted by Gasteiger charge is 2.33. The SMILES string of the molecule is CC(C)N1CC[C@H](N)[C@H]1c1ccc(Cl)cc1. The third-order valence-corrected chi connectivity index (χ3v) is 3.61. The van der Waals surface area contributed by atoms with Crippen LogP contribution in [-0.2, 0) is 0 Å². The second-order valence-electron chi connectivity index (χ2n) is 4.78. The molecule has 1 aliphatic heterocycles. The molecule has 0 spiro atoms. The smallest absolute Gasteiger partial charge is 0.0502 e. The molecule has 0 saturated carbocycles. The number of hydrogen-bond acceptors (Lipinski definition) is 2. The van der Waals surface area contributed by atoms with Crippen molar-refractivity contribution in [2.24, 2.45) is 5.73 Å². The van der Waals surface area contributed by atoms with Crippen LogP contribution in [0.5, 0.6) is 0 Å². The summed E-state index contributed by atoms with van der Waals surface area (Å²) >= 11 is 5.91. The van der Waals surface area contributed by atoms with E-state index in [1.54, 1.807) is 0 Å². The van der Waals surface area contributed by atoms with Crippen molar-refractivity contribution in [2.45, 2.75) is 38.4 Å². The molecule has 2 N–H and O–H groups in total. The second-order valence-corrected chi connectivity index (χ2v) is 5.22. The van der Waals surface area contributed by atoms with E-state index in [-0.39, 0.29) is 6.04 Å². The Labute approximate surface area is 102 Å². The Kier molecular flexibility index (Phi) is 3.53. The van der Waals surface area contributed by atoms with Crippen LogP contribution in [0.25, 0.3) is 0 Å². The molecule has 1 aromatic rings. The van der Waals surface area contributed by atoms with Gasteiger partial charge in [-0.1, -0.05) is 23.7 Å². The summed E-state index contributed by atoms with van der Waals surface area (Å²) in [6, 6.07) is 9.19. The van der Waals surface area contributed by atoms with Crippen molar-refractivity contribution >= 4 is 11.6 Å². The molecule has 1 heterocycles. The van der Waals surface area contributed by atoms with Gasteiger partial charge in [-0.05, 0) is 38.0 Å². The van der Waals surface area contributed by atoms with Crippen LogP contribution in [0.1, 0.15) is 31.9 Å². The highest BCUT2D eigenvalue weighted by Crippen LogP contribution is 2.33. The summed E-state index contributed by atoms with van der Waals surface area (Å²) in [6.45, 7) is 5.54. The zero-order chi connectivity index (χ0) is 11.7. The lowest BCUT2D eigenvalue weighted by Crippen LogP contribution is -2.35. The minimum absolute atomic E-state index is 0.239. The van der Waals surface area contributed by atoms with Crippen LogP contribution in [0.15, 0.2) is 24.3 Å². The van der Waals surface area contributed by atoms with Crippen LogP contribution in [0.4, 0.5) is 0 Å². The predicted molar refractivity (Wildman–Crippen MR) is 68.6 cm³/mol. The van der Waals surface area contributed by atoms with E-state index >= 15 is 0 Å². The quantitative estimate of drug-likeness (QED) is 0.859. The van der Waals surface area contributed by atoms with Crippen molar-refractivity contribution in [3.63, 3.8) is 0 Å². The van der Waals surface area contributed by atoms with E-state index in [2.05, 4.69) is 30.9 Å². The van der Waals surface area contributed by atoms with Crippen LogP contribution in [0.3, 0.4) is 0 Å². The molecule has 0 radical (unpaired) electrons. The first-order chi connectivity index (χ1) is 7.59. The average molecular weight is 239 g/mol. The molecule has 3 heteroatoms. The highest BCUT2D eigenvalue weighted by atomic mass is 35.5. The van der Waals surface area contributed by atoms with Crippen LogP contribution in [-0.4, -0.2) is 23.5 Å². The van der Waals surface area contributed by atoms with Gasteiger partial charge in [0, 0.05) is 23.7 Å². The molecular formula is C13H19ClN2.